The first-order chi connectivity index (χ1) is 5.66. The number of hydrogen-bond donors (Lipinski definition) is 1. The zero-order chi connectivity index (χ0) is 9.14. The SMILES string of the molecule is CCC1CC=CC(C)=C1C(=N)Cl. The molecule has 1 aliphatic carbocycles. The summed E-state index contributed by atoms with van der Waals surface area (Å²) in [6, 6.07) is 0. The highest BCUT2D eigenvalue weighted by molar-refractivity contribution is 6.68. The number of rotatable bonds is 2. The quantitative estimate of drug-likeness (QED) is 0.634. The zero-order valence-corrected chi connectivity index (χ0v) is 8.28. The second kappa shape index (κ2) is 3.90. The van der Waals surface area contributed by atoms with Crippen molar-refractivity contribution < 1.29 is 0 Å². The third-order valence-corrected chi connectivity index (χ3v) is 2.55. The van der Waals surface area contributed by atoms with Crippen molar-refractivity contribution in [3.8, 4) is 0 Å². The van der Waals surface area contributed by atoms with Crippen molar-refractivity contribution in [1.82, 2.24) is 0 Å². The molecule has 2 heteroatoms. The third-order valence-electron chi connectivity index (χ3n) is 2.35. The average molecular weight is 184 g/mol. The molecule has 0 fully saturated rings. The first-order valence-corrected chi connectivity index (χ1v) is 4.66. The molecule has 66 valence electrons. The zero-order valence-electron chi connectivity index (χ0n) is 7.52. The topological polar surface area (TPSA) is 23.9 Å². The molecule has 12 heavy (non-hydrogen) atoms. The predicted molar refractivity (Wildman–Crippen MR) is 53.8 cm³/mol. The van der Waals surface area contributed by atoms with Gasteiger partial charge in [0.15, 0.2) is 0 Å². The Morgan fingerprint density at radius 2 is 2.42 bits per heavy atom. The van der Waals surface area contributed by atoms with Gasteiger partial charge in [0.25, 0.3) is 0 Å². The van der Waals surface area contributed by atoms with Crippen LogP contribution in [0.15, 0.2) is 23.3 Å². The van der Waals surface area contributed by atoms with E-state index in [2.05, 4.69) is 19.1 Å². The molecule has 0 radical (unpaired) electrons. The summed E-state index contributed by atoms with van der Waals surface area (Å²) in [5, 5.41) is 7.64. The van der Waals surface area contributed by atoms with Gasteiger partial charge in [0, 0.05) is 0 Å². The minimum Gasteiger partial charge on any atom is -0.289 e. The molecular formula is C10H14ClN. The smallest absolute Gasteiger partial charge is 0.124 e. The first kappa shape index (κ1) is 9.53. The Morgan fingerprint density at radius 1 is 1.75 bits per heavy atom. The second-order valence-corrected chi connectivity index (χ2v) is 3.53. The van der Waals surface area contributed by atoms with Crippen molar-refractivity contribution in [3.63, 3.8) is 0 Å². The molecular weight excluding hydrogens is 170 g/mol. The molecule has 1 N–H and O–H groups in total. The van der Waals surface area contributed by atoms with Crippen molar-refractivity contribution in [3.05, 3.63) is 23.3 Å². The maximum atomic E-state index is 7.43. The third kappa shape index (κ3) is 1.78. The second-order valence-electron chi connectivity index (χ2n) is 3.15. The molecule has 0 aliphatic heterocycles. The molecule has 1 atom stereocenters. The Hall–Kier alpha value is -0.560. The van der Waals surface area contributed by atoms with Crippen molar-refractivity contribution in [1.29, 1.82) is 5.41 Å². The summed E-state index contributed by atoms with van der Waals surface area (Å²) in [4.78, 5) is 0. The van der Waals surface area contributed by atoms with Gasteiger partial charge in [-0.2, -0.15) is 0 Å². The number of hydrogen-bond acceptors (Lipinski definition) is 1. The van der Waals surface area contributed by atoms with Crippen LogP contribution in [0, 0.1) is 11.3 Å². The highest BCUT2D eigenvalue weighted by Crippen LogP contribution is 2.29. The van der Waals surface area contributed by atoms with Crippen molar-refractivity contribution in [2.24, 2.45) is 5.92 Å². The van der Waals surface area contributed by atoms with Gasteiger partial charge in [-0.25, -0.2) is 0 Å². The number of allylic oxidation sites excluding steroid dienone is 4. The van der Waals surface area contributed by atoms with Crippen LogP contribution < -0.4 is 0 Å². The van der Waals surface area contributed by atoms with Crippen LogP contribution in [0.25, 0.3) is 0 Å². The molecule has 0 amide bonds. The normalized spacial score (nSPS) is 23.1. The van der Waals surface area contributed by atoms with Gasteiger partial charge in [-0.05, 0) is 36.8 Å². The fourth-order valence-corrected chi connectivity index (χ4v) is 1.97. The minimum atomic E-state index is 0.212. The molecule has 1 aliphatic rings. The standard InChI is InChI=1S/C10H14ClN/c1-3-8-6-4-5-7(2)9(8)10(11)12/h4-5,8,12H,3,6H2,1-2H3. The molecule has 0 aromatic rings. The lowest BCUT2D eigenvalue weighted by atomic mass is 9.86. The van der Waals surface area contributed by atoms with E-state index >= 15 is 0 Å². The van der Waals surface area contributed by atoms with E-state index in [-0.39, 0.29) is 5.17 Å². The highest BCUT2D eigenvalue weighted by Gasteiger charge is 2.18. The van der Waals surface area contributed by atoms with Crippen LogP contribution in [0.4, 0.5) is 0 Å². The van der Waals surface area contributed by atoms with Gasteiger partial charge in [0.2, 0.25) is 0 Å². The Kier molecular flexibility index (Phi) is 3.10. The lowest BCUT2D eigenvalue weighted by molar-refractivity contribution is 0.610. The lowest BCUT2D eigenvalue weighted by Gasteiger charge is -2.21. The monoisotopic (exact) mass is 183 g/mol. The van der Waals surface area contributed by atoms with Crippen LogP contribution in [0.3, 0.4) is 0 Å². The molecule has 0 aromatic heterocycles. The van der Waals surface area contributed by atoms with E-state index in [0.29, 0.717) is 5.92 Å². The van der Waals surface area contributed by atoms with Crippen LogP contribution in [0.2, 0.25) is 0 Å². The van der Waals surface area contributed by atoms with Crippen LogP contribution in [0.5, 0.6) is 0 Å². The van der Waals surface area contributed by atoms with E-state index in [0.717, 1.165) is 24.0 Å². The van der Waals surface area contributed by atoms with Gasteiger partial charge in [-0.1, -0.05) is 30.7 Å². The average Bonchev–Trinajstić information content (AvgIpc) is 2.03. The van der Waals surface area contributed by atoms with Gasteiger partial charge >= 0.3 is 0 Å². The molecule has 0 bridgehead atoms. The summed E-state index contributed by atoms with van der Waals surface area (Å²) in [6.45, 7) is 4.15. The number of nitrogens with one attached hydrogen (secondary N) is 1. The minimum absolute atomic E-state index is 0.212. The Balaban J connectivity index is 2.98. The van der Waals surface area contributed by atoms with Crippen molar-refractivity contribution in [2.45, 2.75) is 26.7 Å². The van der Waals surface area contributed by atoms with E-state index in [1.54, 1.807) is 0 Å². The molecule has 1 unspecified atom stereocenters. The fourth-order valence-electron chi connectivity index (χ4n) is 1.66. The summed E-state index contributed by atoms with van der Waals surface area (Å²) >= 11 is 5.72. The summed E-state index contributed by atoms with van der Waals surface area (Å²) in [7, 11) is 0. The Bertz CT molecular complexity index is 251. The molecule has 1 nitrogen and oxygen atoms in total. The Labute approximate surface area is 78.6 Å². The maximum Gasteiger partial charge on any atom is 0.124 e. The van der Waals surface area contributed by atoms with E-state index < -0.39 is 0 Å². The van der Waals surface area contributed by atoms with Gasteiger partial charge in [0.1, 0.15) is 5.17 Å². The molecule has 0 saturated heterocycles. The van der Waals surface area contributed by atoms with Crippen LogP contribution in [-0.2, 0) is 0 Å². The summed E-state index contributed by atoms with van der Waals surface area (Å²) in [5.41, 5.74) is 2.18. The Morgan fingerprint density at radius 3 is 2.83 bits per heavy atom. The summed E-state index contributed by atoms with van der Waals surface area (Å²) in [5.74, 6) is 0.458. The lowest BCUT2D eigenvalue weighted by Crippen LogP contribution is -2.11. The van der Waals surface area contributed by atoms with Gasteiger partial charge in [0.05, 0.1) is 0 Å². The summed E-state index contributed by atoms with van der Waals surface area (Å²) < 4.78 is 0. The number of halogens is 1. The molecule has 0 spiro atoms. The van der Waals surface area contributed by atoms with Crippen molar-refractivity contribution in [2.75, 3.05) is 0 Å². The van der Waals surface area contributed by atoms with Crippen LogP contribution in [-0.4, -0.2) is 5.17 Å². The molecule has 1 rings (SSSR count). The molecule has 0 aromatic carbocycles. The molecule has 0 heterocycles. The van der Waals surface area contributed by atoms with Gasteiger partial charge in [-0.3, -0.25) is 5.41 Å². The largest absolute Gasteiger partial charge is 0.289 e. The maximum absolute atomic E-state index is 7.43. The van der Waals surface area contributed by atoms with Gasteiger partial charge in [-0.15, -0.1) is 0 Å². The van der Waals surface area contributed by atoms with E-state index in [1.165, 1.54) is 0 Å². The summed E-state index contributed by atoms with van der Waals surface area (Å²) in [6.07, 6.45) is 6.30. The van der Waals surface area contributed by atoms with E-state index in [9.17, 15) is 0 Å². The molecule has 0 saturated carbocycles. The van der Waals surface area contributed by atoms with E-state index in [4.69, 9.17) is 17.0 Å². The van der Waals surface area contributed by atoms with Crippen LogP contribution in [0.1, 0.15) is 26.7 Å². The van der Waals surface area contributed by atoms with Gasteiger partial charge < -0.3 is 0 Å². The first-order valence-electron chi connectivity index (χ1n) is 4.28. The van der Waals surface area contributed by atoms with Crippen molar-refractivity contribution >= 4 is 16.8 Å². The van der Waals surface area contributed by atoms with Crippen LogP contribution >= 0.6 is 11.6 Å². The predicted octanol–water partition coefficient (Wildman–Crippen LogP) is 3.51. The fraction of sp³-hybridized carbons (Fsp3) is 0.500. The highest BCUT2D eigenvalue weighted by atomic mass is 35.5. The van der Waals surface area contributed by atoms with E-state index in [1.807, 2.05) is 6.92 Å².